The molecular formula is C5H4F2O. The van der Waals surface area contributed by atoms with Gasteiger partial charge < -0.3 is 4.42 Å². The van der Waals surface area contributed by atoms with Crippen molar-refractivity contribution in [1.82, 2.24) is 0 Å². The molecule has 0 radical (unpaired) electrons. The fourth-order valence-electron chi connectivity index (χ4n) is 0.426. The second-order valence-electron chi connectivity index (χ2n) is 1.45. The average molecular weight is 118 g/mol. The minimum Gasteiger partial charge on any atom is -0.433 e. The summed E-state index contributed by atoms with van der Waals surface area (Å²) in [7, 11) is 0. The zero-order chi connectivity index (χ0) is 6.15. The van der Waals surface area contributed by atoms with Crippen molar-refractivity contribution in [2.75, 3.05) is 0 Å². The molecule has 0 aliphatic carbocycles. The topological polar surface area (TPSA) is 13.1 Å². The van der Waals surface area contributed by atoms with Crippen LogP contribution in [0.1, 0.15) is 5.76 Å². The molecule has 1 aromatic rings. The number of furan rings is 1. The van der Waals surface area contributed by atoms with E-state index >= 15 is 0 Å². The number of aryl methyl sites for hydroxylation is 1. The van der Waals surface area contributed by atoms with Crippen LogP contribution in [-0.2, 0) is 0 Å². The van der Waals surface area contributed by atoms with E-state index < -0.39 is 11.8 Å². The normalized spacial score (nSPS) is 9.88. The predicted octanol–water partition coefficient (Wildman–Crippen LogP) is 1.87. The summed E-state index contributed by atoms with van der Waals surface area (Å²) in [6, 6.07) is -0.171. The van der Waals surface area contributed by atoms with E-state index in [1.807, 2.05) is 0 Å². The molecule has 0 aliphatic heterocycles. The molecule has 0 unspecified atom stereocenters. The number of hydrogen-bond donors (Lipinski definition) is 0. The Balaban J connectivity index is 3.14. The summed E-state index contributed by atoms with van der Waals surface area (Å²) in [5.74, 6) is -0.648. The third kappa shape index (κ3) is 0.710. The monoisotopic (exact) mass is 118 g/mol. The quantitative estimate of drug-likeness (QED) is 0.506. The van der Waals surface area contributed by atoms with Crippen molar-refractivity contribution in [3.63, 3.8) is 0 Å². The Hall–Kier alpha value is -0.860. The van der Waals surface area contributed by atoms with E-state index in [2.05, 4.69) is 4.42 Å². The highest BCUT2D eigenvalue weighted by molar-refractivity contribution is 5.00. The highest BCUT2D eigenvalue weighted by atomic mass is 19.1. The molecule has 0 saturated heterocycles. The SMILES string of the molecule is Cc1oc(F)cc1F. The van der Waals surface area contributed by atoms with Gasteiger partial charge in [-0.3, -0.25) is 0 Å². The van der Waals surface area contributed by atoms with Crippen LogP contribution in [0.4, 0.5) is 8.78 Å². The van der Waals surface area contributed by atoms with Gasteiger partial charge in [0, 0.05) is 0 Å². The lowest BCUT2D eigenvalue weighted by molar-refractivity contribution is 0.342. The van der Waals surface area contributed by atoms with Crippen molar-refractivity contribution in [2.24, 2.45) is 0 Å². The lowest BCUT2D eigenvalue weighted by atomic mass is 10.5. The van der Waals surface area contributed by atoms with E-state index in [1.165, 1.54) is 6.92 Å². The van der Waals surface area contributed by atoms with Crippen LogP contribution < -0.4 is 0 Å². The van der Waals surface area contributed by atoms with Gasteiger partial charge in [-0.05, 0) is 6.92 Å². The molecule has 0 spiro atoms. The van der Waals surface area contributed by atoms with Crippen LogP contribution in [0.2, 0.25) is 0 Å². The molecular weight excluding hydrogens is 114 g/mol. The van der Waals surface area contributed by atoms with E-state index in [4.69, 9.17) is 0 Å². The second kappa shape index (κ2) is 1.58. The molecule has 1 nitrogen and oxygen atoms in total. The van der Waals surface area contributed by atoms with Crippen molar-refractivity contribution in [3.8, 4) is 0 Å². The van der Waals surface area contributed by atoms with Crippen LogP contribution in [0.3, 0.4) is 0 Å². The van der Waals surface area contributed by atoms with Crippen LogP contribution in [0.15, 0.2) is 10.5 Å². The Morgan fingerprint density at radius 3 is 2.25 bits per heavy atom. The first kappa shape index (κ1) is 5.28. The summed E-state index contributed by atoms with van der Waals surface area (Å²) in [6.45, 7) is 1.36. The van der Waals surface area contributed by atoms with Gasteiger partial charge in [-0.15, -0.1) is 0 Å². The summed E-state index contributed by atoms with van der Waals surface area (Å²) in [5.41, 5.74) is 0. The molecule has 1 heterocycles. The Morgan fingerprint density at radius 2 is 2.12 bits per heavy atom. The Morgan fingerprint density at radius 1 is 1.50 bits per heavy atom. The molecule has 0 aromatic carbocycles. The van der Waals surface area contributed by atoms with Crippen LogP contribution in [-0.4, -0.2) is 0 Å². The van der Waals surface area contributed by atoms with E-state index in [9.17, 15) is 8.78 Å². The Bertz CT molecular complexity index is 173. The van der Waals surface area contributed by atoms with Crippen molar-refractivity contribution in [3.05, 3.63) is 23.7 Å². The minimum absolute atomic E-state index is 0.0116. The van der Waals surface area contributed by atoms with Gasteiger partial charge in [-0.1, -0.05) is 0 Å². The molecule has 1 rings (SSSR count). The van der Waals surface area contributed by atoms with Crippen molar-refractivity contribution in [2.45, 2.75) is 6.92 Å². The third-order valence-electron chi connectivity index (χ3n) is 0.827. The first-order chi connectivity index (χ1) is 3.70. The van der Waals surface area contributed by atoms with Crippen molar-refractivity contribution >= 4 is 0 Å². The smallest absolute Gasteiger partial charge is 0.280 e. The highest BCUT2D eigenvalue weighted by Gasteiger charge is 2.03. The van der Waals surface area contributed by atoms with E-state index in [1.54, 1.807) is 0 Å². The first-order valence-electron chi connectivity index (χ1n) is 2.11. The molecule has 0 saturated carbocycles. The van der Waals surface area contributed by atoms with E-state index in [0.29, 0.717) is 6.07 Å². The largest absolute Gasteiger partial charge is 0.433 e. The Kier molecular flexibility index (Phi) is 1.04. The zero-order valence-electron chi connectivity index (χ0n) is 4.24. The second-order valence-corrected chi connectivity index (χ2v) is 1.45. The molecule has 1 aromatic heterocycles. The molecule has 44 valence electrons. The number of halogens is 2. The van der Waals surface area contributed by atoms with Gasteiger partial charge >= 0.3 is 0 Å². The van der Waals surface area contributed by atoms with Gasteiger partial charge in [-0.2, -0.15) is 4.39 Å². The summed E-state index contributed by atoms with van der Waals surface area (Å²) in [6.07, 6.45) is 0. The number of hydrogen-bond acceptors (Lipinski definition) is 1. The lowest BCUT2D eigenvalue weighted by Crippen LogP contribution is -1.65. The van der Waals surface area contributed by atoms with Gasteiger partial charge in [0.15, 0.2) is 5.82 Å². The van der Waals surface area contributed by atoms with Gasteiger partial charge in [0.25, 0.3) is 6.01 Å². The van der Waals surface area contributed by atoms with Gasteiger partial charge in [-0.25, -0.2) is 4.39 Å². The minimum atomic E-state index is -0.875. The summed E-state index contributed by atoms with van der Waals surface area (Å²) in [4.78, 5) is 0. The lowest BCUT2D eigenvalue weighted by Gasteiger charge is -1.75. The van der Waals surface area contributed by atoms with E-state index in [0.717, 1.165) is 0 Å². The highest BCUT2D eigenvalue weighted by Crippen LogP contribution is 2.09. The fraction of sp³-hybridized carbons (Fsp3) is 0.200. The summed E-state index contributed by atoms with van der Waals surface area (Å²) in [5, 5.41) is 0. The standard InChI is InChI=1S/C5H4F2O/c1-3-4(6)2-5(7)8-3/h2H,1H3. The third-order valence-corrected chi connectivity index (χ3v) is 0.827. The van der Waals surface area contributed by atoms with Gasteiger partial charge in [0.1, 0.15) is 5.76 Å². The molecule has 0 N–H and O–H groups in total. The van der Waals surface area contributed by atoms with E-state index in [-0.39, 0.29) is 5.76 Å². The average Bonchev–Trinajstić information content (AvgIpc) is 1.85. The maximum atomic E-state index is 12.0. The van der Waals surface area contributed by atoms with Crippen LogP contribution >= 0.6 is 0 Å². The molecule has 0 fully saturated rings. The maximum Gasteiger partial charge on any atom is 0.280 e. The van der Waals surface area contributed by atoms with Gasteiger partial charge in [0.05, 0.1) is 6.07 Å². The van der Waals surface area contributed by atoms with Crippen molar-refractivity contribution in [1.29, 1.82) is 0 Å². The van der Waals surface area contributed by atoms with Crippen LogP contribution in [0.5, 0.6) is 0 Å². The fourth-order valence-corrected chi connectivity index (χ4v) is 0.426. The zero-order valence-corrected chi connectivity index (χ0v) is 4.24. The first-order valence-corrected chi connectivity index (χ1v) is 2.11. The molecule has 3 heteroatoms. The molecule has 0 amide bonds. The van der Waals surface area contributed by atoms with Crippen LogP contribution in [0.25, 0.3) is 0 Å². The van der Waals surface area contributed by atoms with Crippen molar-refractivity contribution < 1.29 is 13.2 Å². The Labute approximate surface area is 44.9 Å². The molecule has 8 heavy (non-hydrogen) atoms. The van der Waals surface area contributed by atoms with Gasteiger partial charge in [0.2, 0.25) is 0 Å². The maximum absolute atomic E-state index is 12.0. The summed E-state index contributed by atoms with van der Waals surface area (Å²) >= 11 is 0. The molecule has 0 aliphatic rings. The summed E-state index contributed by atoms with van der Waals surface area (Å²) < 4.78 is 28.0. The molecule has 0 bridgehead atoms. The molecule has 0 atom stereocenters. The number of rotatable bonds is 0. The predicted molar refractivity (Wildman–Crippen MR) is 23.4 cm³/mol. The van der Waals surface area contributed by atoms with Crippen LogP contribution in [0, 0.1) is 18.8 Å².